The molecule has 0 spiro atoms. The van der Waals surface area contributed by atoms with Crippen LogP contribution < -0.4 is 10.1 Å². The molecule has 0 saturated carbocycles. The fourth-order valence-corrected chi connectivity index (χ4v) is 1.34. The Labute approximate surface area is 99.4 Å². The summed E-state index contributed by atoms with van der Waals surface area (Å²) in [4.78, 5) is 21.2. The summed E-state index contributed by atoms with van der Waals surface area (Å²) < 4.78 is 5.39. The van der Waals surface area contributed by atoms with Gasteiger partial charge in [-0.1, -0.05) is 0 Å². The summed E-state index contributed by atoms with van der Waals surface area (Å²) in [7, 11) is 0. The van der Waals surface area contributed by atoms with E-state index in [1.54, 1.807) is 31.2 Å². The van der Waals surface area contributed by atoms with E-state index in [9.17, 15) is 9.59 Å². The lowest BCUT2D eigenvalue weighted by molar-refractivity contribution is -0.138. The predicted molar refractivity (Wildman–Crippen MR) is 63.1 cm³/mol. The molecule has 0 saturated heterocycles. The topological polar surface area (TPSA) is 75.6 Å². The molecule has 0 aromatic heterocycles. The van der Waals surface area contributed by atoms with Crippen molar-refractivity contribution < 1.29 is 19.4 Å². The first-order valence-electron chi connectivity index (χ1n) is 5.23. The number of rotatable bonds is 5. The van der Waals surface area contributed by atoms with E-state index in [0.717, 1.165) is 0 Å². The number of amides is 1. The number of benzene rings is 1. The molecular weight excluding hydrogens is 222 g/mol. The van der Waals surface area contributed by atoms with Crippen LogP contribution in [0.2, 0.25) is 0 Å². The molecule has 0 heterocycles. The molecule has 2 N–H and O–H groups in total. The molecule has 1 aromatic carbocycles. The Bertz CT molecular complexity index is 399. The number of nitrogens with one attached hydrogen (secondary N) is 1. The lowest BCUT2D eigenvalue weighted by atomic mass is 10.2. The van der Waals surface area contributed by atoms with Gasteiger partial charge in [0.15, 0.2) is 0 Å². The first-order valence-corrected chi connectivity index (χ1v) is 5.23. The molecule has 5 heteroatoms. The van der Waals surface area contributed by atoms with E-state index >= 15 is 0 Å². The average Bonchev–Trinajstić information content (AvgIpc) is 2.18. The van der Waals surface area contributed by atoms with Crippen LogP contribution in [-0.2, 0) is 9.59 Å². The van der Waals surface area contributed by atoms with Gasteiger partial charge in [-0.25, -0.2) is 0 Å². The number of carboxylic acid groups (broad SMARTS) is 1. The summed E-state index contributed by atoms with van der Waals surface area (Å²) in [6.07, 6.45) is -0.438. The Morgan fingerprint density at radius 2 is 1.94 bits per heavy atom. The van der Waals surface area contributed by atoms with Crippen LogP contribution in [-0.4, -0.2) is 23.1 Å². The molecule has 1 unspecified atom stereocenters. The quantitative estimate of drug-likeness (QED) is 0.819. The summed E-state index contributed by atoms with van der Waals surface area (Å²) in [5.74, 6) is -0.460. The molecule has 0 radical (unpaired) electrons. The molecule has 1 aromatic rings. The van der Waals surface area contributed by atoms with Crippen molar-refractivity contribution in [1.29, 1.82) is 0 Å². The average molecular weight is 237 g/mol. The zero-order valence-corrected chi connectivity index (χ0v) is 9.77. The number of carbonyl (C=O) groups is 2. The van der Waals surface area contributed by atoms with Gasteiger partial charge in [0.2, 0.25) is 5.91 Å². The third kappa shape index (κ3) is 5.01. The fourth-order valence-electron chi connectivity index (χ4n) is 1.34. The van der Waals surface area contributed by atoms with Crippen LogP contribution in [0.5, 0.6) is 5.75 Å². The van der Waals surface area contributed by atoms with Gasteiger partial charge in [-0.3, -0.25) is 9.59 Å². The summed E-state index contributed by atoms with van der Waals surface area (Å²) in [6, 6.07) is 6.77. The largest absolute Gasteiger partial charge is 0.490 e. The third-order valence-corrected chi connectivity index (χ3v) is 1.97. The Kier molecular flexibility index (Phi) is 4.51. The molecule has 0 aliphatic heterocycles. The molecule has 0 bridgehead atoms. The molecule has 92 valence electrons. The molecule has 0 aliphatic carbocycles. The smallest absolute Gasteiger partial charge is 0.307 e. The summed E-state index contributed by atoms with van der Waals surface area (Å²) in [6.45, 7) is 3.12. The van der Waals surface area contributed by atoms with Crippen molar-refractivity contribution in [1.82, 2.24) is 0 Å². The minimum absolute atomic E-state index is 0.0482. The van der Waals surface area contributed by atoms with Gasteiger partial charge in [0.05, 0.1) is 6.42 Å². The maximum Gasteiger partial charge on any atom is 0.307 e. The van der Waals surface area contributed by atoms with Crippen molar-refractivity contribution in [3.05, 3.63) is 24.3 Å². The van der Waals surface area contributed by atoms with Crippen LogP contribution in [0.15, 0.2) is 24.3 Å². The van der Waals surface area contributed by atoms with Gasteiger partial charge < -0.3 is 15.2 Å². The number of carboxylic acids is 1. The van der Waals surface area contributed by atoms with Crippen LogP contribution in [0.3, 0.4) is 0 Å². The van der Waals surface area contributed by atoms with Crippen molar-refractivity contribution in [3.63, 3.8) is 0 Å². The maximum atomic E-state index is 10.8. The van der Waals surface area contributed by atoms with E-state index < -0.39 is 5.97 Å². The Morgan fingerprint density at radius 3 is 2.41 bits per heavy atom. The highest BCUT2D eigenvalue weighted by Crippen LogP contribution is 2.17. The summed E-state index contributed by atoms with van der Waals surface area (Å²) in [5.41, 5.74) is 0.677. The van der Waals surface area contributed by atoms with Crippen LogP contribution in [0.4, 0.5) is 5.69 Å². The molecule has 0 aliphatic rings. The van der Waals surface area contributed by atoms with Crippen molar-refractivity contribution in [3.8, 4) is 5.75 Å². The van der Waals surface area contributed by atoms with E-state index in [1.165, 1.54) is 6.92 Å². The highest BCUT2D eigenvalue weighted by Gasteiger charge is 2.08. The van der Waals surface area contributed by atoms with Crippen LogP contribution >= 0.6 is 0 Å². The first-order chi connectivity index (χ1) is 7.97. The number of anilines is 1. The van der Waals surface area contributed by atoms with E-state index in [0.29, 0.717) is 11.4 Å². The number of aliphatic carboxylic acids is 1. The molecule has 1 atom stereocenters. The SMILES string of the molecule is CC(=O)Nc1ccc(OC(C)CC(=O)O)cc1. The lowest BCUT2D eigenvalue weighted by Gasteiger charge is -2.12. The second kappa shape index (κ2) is 5.89. The summed E-state index contributed by atoms with van der Waals surface area (Å²) in [5, 5.41) is 11.2. The molecule has 1 rings (SSSR count). The van der Waals surface area contributed by atoms with Crippen molar-refractivity contribution in [2.24, 2.45) is 0 Å². The third-order valence-electron chi connectivity index (χ3n) is 1.97. The van der Waals surface area contributed by atoms with Gasteiger partial charge in [-0.2, -0.15) is 0 Å². The predicted octanol–water partition coefficient (Wildman–Crippen LogP) is 1.89. The second-order valence-corrected chi connectivity index (χ2v) is 3.73. The van der Waals surface area contributed by atoms with Gasteiger partial charge >= 0.3 is 5.97 Å². The number of ether oxygens (including phenoxy) is 1. The van der Waals surface area contributed by atoms with Crippen LogP contribution in [0.1, 0.15) is 20.3 Å². The summed E-state index contributed by atoms with van der Waals surface area (Å²) >= 11 is 0. The first kappa shape index (κ1) is 13.0. The number of carbonyl (C=O) groups excluding carboxylic acids is 1. The normalized spacial score (nSPS) is 11.6. The van der Waals surface area contributed by atoms with Gasteiger partial charge in [0.1, 0.15) is 11.9 Å². The highest BCUT2D eigenvalue weighted by atomic mass is 16.5. The zero-order valence-electron chi connectivity index (χ0n) is 9.77. The Hall–Kier alpha value is -2.04. The standard InChI is InChI=1S/C12H15NO4/c1-8(7-12(15)16)17-11-5-3-10(4-6-11)13-9(2)14/h3-6,8H,7H2,1-2H3,(H,13,14)(H,15,16). The van der Waals surface area contributed by atoms with E-state index in [4.69, 9.17) is 9.84 Å². The lowest BCUT2D eigenvalue weighted by Crippen LogP contribution is -2.16. The van der Waals surface area contributed by atoms with Gasteiger partial charge in [0.25, 0.3) is 0 Å². The van der Waals surface area contributed by atoms with Crippen molar-refractivity contribution in [2.75, 3.05) is 5.32 Å². The monoisotopic (exact) mass is 237 g/mol. The van der Waals surface area contributed by atoms with Crippen molar-refractivity contribution in [2.45, 2.75) is 26.4 Å². The second-order valence-electron chi connectivity index (χ2n) is 3.73. The van der Waals surface area contributed by atoms with Crippen LogP contribution in [0, 0.1) is 0 Å². The Balaban J connectivity index is 2.56. The van der Waals surface area contributed by atoms with Gasteiger partial charge in [-0.15, -0.1) is 0 Å². The maximum absolute atomic E-state index is 10.8. The van der Waals surface area contributed by atoms with Gasteiger partial charge in [-0.05, 0) is 31.2 Å². The van der Waals surface area contributed by atoms with E-state index in [1.807, 2.05) is 0 Å². The zero-order chi connectivity index (χ0) is 12.8. The molecule has 5 nitrogen and oxygen atoms in total. The highest BCUT2D eigenvalue weighted by molar-refractivity contribution is 5.88. The minimum atomic E-state index is -0.896. The van der Waals surface area contributed by atoms with Crippen LogP contribution in [0.25, 0.3) is 0 Å². The molecule has 0 fully saturated rings. The van der Waals surface area contributed by atoms with E-state index in [-0.39, 0.29) is 18.4 Å². The van der Waals surface area contributed by atoms with E-state index in [2.05, 4.69) is 5.32 Å². The number of hydrogen-bond donors (Lipinski definition) is 2. The fraction of sp³-hybridized carbons (Fsp3) is 0.333. The Morgan fingerprint density at radius 1 is 1.35 bits per heavy atom. The molecule has 1 amide bonds. The molecule has 17 heavy (non-hydrogen) atoms. The number of hydrogen-bond acceptors (Lipinski definition) is 3. The molecular formula is C12H15NO4. The van der Waals surface area contributed by atoms with Crippen molar-refractivity contribution >= 4 is 17.6 Å². The van der Waals surface area contributed by atoms with Gasteiger partial charge in [0, 0.05) is 12.6 Å². The minimum Gasteiger partial charge on any atom is -0.490 e.